The molecule has 0 saturated heterocycles. The van der Waals surface area contributed by atoms with Gasteiger partial charge in [-0.05, 0) is 36.6 Å². The fraction of sp³-hybridized carbons (Fsp3) is 0.231. The highest BCUT2D eigenvalue weighted by molar-refractivity contribution is 5.96. The highest BCUT2D eigenvalue weighted by Gasteiger charge is 2.15. The van der Waals surface area contributed by atoms with Gasteiger partial charge in [-0.1, -0.05) is 0 Å². The number of rotatable bonds is 3. The first-order chi connectivity index (χ1) is 9.08. The van der Waals surface area contributed by atoms with E-state index in [1.54, 1.807) is 6.92 Å². The van der Waals surface area contributed by atoms with Gasteiger partial charge in [0.15, 0.2) is 0 Å². The fourth-order valence-corrected chi connectivity index (χ4v) is 1.86. The lowest BCUT2D eigenvalue weighted by molar-refractivity contribution is 0.0886. The number of halogens is 1. The minimum Gasteiger partial charge on any atom is -0.413 e. The molecule has 2 rings (SSSR count). The number of aromatic nitrogens is 1. The van der Waals surface area contributed by atoms with Gasteiger partial charge in [0.1, 0.15) is 18.6 Å². The van der Waals surface area contributed by atoms with Crippen molar-refractivity contribution in [2.24, 2.45) is 0 Å². The normalized spacial score (nSPS) is 10.5. The highest BCUT2D eigenvalue weighted by Crippen LogP contribution is 2.13. The summed E-state index contributed by atoms with van der Waals surface area (Å²) in [6, 6.07) is 5.19. The number of benzene rings is 1. The van der Waals surface area contributed by atoms with Crippen molar-refractivity contribution < 1.29 is 14.0 Å². The Labute approximate surface area is 108 Å². The van der Waals surface area contributed by atoms with Crippen LogP contribution in [-0.2, 0) is 0 Å². The van der Waals surface area contributed by atoms with Crippen molar-refractivity contribution in [3.63, 3.8) is 0 Å². The van der Waals surface area contributed by atoms with E-state index in [9.17, 15) is 14.0 Å². The van der Waals surface area contributed by atoms with E-state index in [2.05, 4.69) is 5.32 Å². The first-order valence-electron chi connectivity index (χ1n) is 5.76. The Kier molecular flexibility index (Phi) is 3.50. The molecule has 1 aromatic heterocycles. The molecular formula is C13H13FN2O3. The van der Waals surface area contributed by atoms with Crippen LogP contribution in [0.5, 0.6) is 0 Å². The predicted molar refractivity (Wildman–Crippen MR) is 68.7 cm³/mol. The number of fused-ring (bicyclic) bond motifs is 1. The second-order valence-corrected chi connectivity index (χ2v) is 3.90. The van der Waals surface area contributed by atoms with Crippen LogP contribution >= 0.6 is 0 Å². The summed E-state index contributed by atoms with van der Waals surface area (Å²) in [5.74, 6) is -0.920. The minimum absolute atomic E-state index is 0.0347. The molecule has 6 heteroatoms. The molecule has 0 aliphatic heterocycles. The van der Waals surface area contributed by atoms with E-state index in [1.165, 1.54) is 31.4 Å². The van der Waals surface area contributed by atoms with Gasteiger partial charge in [-0.3, -0.25) is 9.59 Å². The van der Waals surface area contributed by atoms with Crippen molar-refractivity contribution in [3.05, 3.63) is 46.1 Å². The molecule has 5 nitrogen and oxygen atoms in total. The third-order valence-electron chi connectivity index (χ3n) is 2.69. The van der Waals surface area contributed by atoms with E-state index in [0.29, 0.717) is 11.9 Å². The Hall–Kier alpha value is -2.37. The maximum Gasteiger partial charge on any atom is 0.291 e. The molecule has 1 N–H and O–H groups in total. The summed E-state index contributed by atoms with van der Waals surface area (Å²) in [5.41, 5.74) is -0.464. The molecule has 0 saturated carbocycles. The van der Waals surface area contributed by atoms with Crippen LogP contribution in [-0.4, -0.2) is 24.3 Å². The van der Waals surface area contributed by atoms with Crippen molar-refractivity contribution in [1.82, 2.24) is 10.0 Å². The third-order valence-corrected chi connectivity index (χ3v) is 2.69. The van der Waals surface area contributed by atoms with Crippen LogP contribution in [0, 0.1) is 5.82 Å². The van der Waals surface area contributed by atoms with Crippen LogP contribution in [0.15, 0.2) is 29.1 Å². The summed E-state index contributed by atoms with van der Waals surface area (Å²) in [6.07, 6.45) is 0. The monoisotopic (exact) mass is 264 g/mol. The molecule has 2 aromatic rings. The predicted octanol–water partition coefficient (Wildman–Crippen LogP) is 0.949. The lowest BCUT2D eigenvalue weighted by atomic mass is 10.1. The van der Waals surface area contributed by atoms with Crippen LogP contribution in [0.4, 0.5) is 4.39 Å². The van der Waals surface area contributed by atoms with Gasteiger partial charge < -0.3 is 10.2 Å². The smallest absolute Gasteiger partial charge is 0.291 e. The van der Waals surface area contributed by atoms with Gasteiger partial charge in [-0.25, -0.2) is 4.39 Å². The van der Waals surface area contributed by atoms with Gasteiger partial charge in [0.25, 0.3) is 11.5 Å². The van der Waals surface area contributed by atoms with Crippen molar-refractivity contribution in [1.29, 1.82) is 0 Å². The average Bonchev–Trinajstić information content (AvgIpc) is 2.38. The molecule has 1 aromatic carbocycles. The second kappa shape index (κ2) is 5.09. The Morgan fingerprint density at radius 3 is 2.79 bits per heavy atom. The van der Waals surface area contributed by atoms with Gasteiger partial charge in [0, 0.05) is 6.54 Å². The average molecular weight is 264 g/mol. The maximum atomic E-state index is 13.2. The first-order valence-corrected chi connectivity index (χ1v) is 5.76. The molecule has 0 bridgehead atoms. The van der Waals surface area contributed by atoms with Crippen LogP contribution in [0.3, 0.4) is 0 Å². The van der Waals surface area contributed by atoms with Gasteiger partial charge in [0.05, 0.1) is 5.39 Å². The molecule has 0 atom stereocenters. The van der Waals surface area contributed by atoms with Crippen molar-refractivity contribution in [2.75, 3.05) is 13.7 Å². The maximum absolute atomic E-state index is 13.2. The quantitative estimate of drug-likeness (QED) is 0.897. The molecule has 0 spiro atoms. The standard InChI is InChI=1S/C13H13FN2O3/c1-3-15-12(17)11-7-8-6-9(14)4-5-10(8)13(18)16(11)19-2/h4-7H,3H2,1-2H3,(H,15,17). The SMILES string of the molecule is CCNC(=O)c1cc2cc(F)ccc2c(=O)n1OC. The highest BCUT2D eigenvalue weighted by atomic mass is 19.1. The summed E-state index contributed by atoms with van der Waals surface area (Å²) in [6.45, 7) is 2.17. The van der Waals surface area contributed by atoms with E-state index < -0.39 is 17.3 Å². The topological polar surface area (TPSA) is 60.3 Å². The van der Waals surface area contributed by atoms with Crippen LogP contribution in [0.25, 0.3) is 10.8 Å². The number of carbonyl (C=O) groups is 1. The summed E-state index contributed by atoms with van der Waals surface area (Å²) in [7, 11) is 1.29. The van der Waals surface area contributed by atoms with E-state index >= 15 is 0 Å². The Balaban J connectivity index is 2.76. The fourth-order valence-electron chi connectivity index (χ4n) is 1.86. The van der Waals surface area contributed by atoms with Crippen LogP contribution in [0.2, 0.25) is 0 Å². The molecule has 100 valence electrons. The first kappa shape index (κ1) is 13.1. The van der Waals surface area contributed by atoms with E-state index in [-0.39, 0.29) is 11.1 Å². The Bertz CT molecular complexity index is 694. The van der Waals surface area contributed by atoms with E-state index in [0.717, 1.165) is 4.73 Å². The van der Waals surface area contributed by atoms with Crippen LogP contribution < -0.4 is 15.7 Å². The Morgan fingerprint density at radius 2 is 2.16 bits per heavy atom. The number of pyridine rings is 1. The lowest BCUT2D eigenvalue weighted by Gasteiger charge is -2.11. The Morgan fingerprint density at radius 1 is 1.42 bits per heavy atom. The second-order valence-electron chi connectivity index (χ2n) is 3.90. The van der Waals surface area contributed by atoms with Gasteiger partial charge in [0.2, 0.25) is 0 Å². The minimum atomic E-state index is -0.499. The number of hydrogen-bond acceptors (Lipinski definition) is 3. The molecular weight excluding hydrogens is 251 g/mol. The van der Waals surface area contributed by atoms with Crippen molar-refractivity contribution in [3.8, 4) is 0 Å². The van der Waals surface area contributed by atoms with Crippen molar-refractivity contribution in [2.45, 2.75) is 6.92 Å². The third kappa shape index (κ3) is 2.29. The number of carbonyl (C=O) groups excluding carboxylic acids is 1. The van der Waals surface area contributed by atoms with Gasteiger partial charge in [-0.2, -0.15) is 0 Å². The van der Waals surface area contributed by atoms with Gasteiger partial charge in [-0.15, -0.1) is 4.73 Å². The molecule has 19 heavy (non-hydrogen) atoms. The zero-order valence-electron chi connectivity index (χ0n) is 10.6. The molecule has 0 unspecified atom stereocenters. The zero-order chi connectivity index (χ0) is 14.0. The number of amides is 1. The lowest BCUT2D eigenvalue weighted by Crippen LogP contribution is -2.34. The molecule has 0 radical (unpaired) electrons. The van der Waals surface area contributed by atoms with Crippen molar-refractivity contribution >= 4 is 16.7 Å². The zero-order valence-corrected chi connectivity index (χ0v) is 10.6. The van der Waals surface area contributed by atoms with Crippen LogP contribution in [0.1, 0.15) is 17.4 Å². The van der Waals surface area contributed by atoms with E-state index in [4.69, 9.17) is 4.84 Å². The number of nitrogens with zero attached hydrogens (tertiary/aromatic N) is 1. The molecule has 1 heterocycles. The van der Waals surface area contributed by atoms with Gasteiger partial charge >= 0.3 is 0 Å². The summed E-state index contributed by atoms with van der Waals surface area (Å²) >= 11 is 0. The largest absolute Gasteiger partial charge is 0.413 e. The summed E-state index contributed by atoms with van der Waals surface area (Å²) in [4.78, 5) is 28.9. The molecule has 0 fully saturated rings. The number of nitrogens with one attached hydrogen (secondary N) is 1. The number of hydrogen-bond donors (Lipinski definition) is 1. The summed E-state index contributed by atoms with van der Waals surface area (Å²) < 4.78 is 14.1. The summed E-state index contributed by atoms with van der Waals surface area (Å²) in [5, 5.41) is 3.22. The molecule has 1 amide bonds. The molecule has 0 aliphatic rings. The molecule has 0 aliphatic carbocycles. The van der Waals surface area contributed by atoms with E-state index in [1.807, 2.05) is 0 Å².